The van der Waals surface area contributed by atoms with E-state index in [-0.39, 0.29) is 0 Å². The summed E-state index contributed by atoms with van der Waals surface area (Å²) in [6.07, 6.45) is 0. The van der Waals surface area contributed by atoms with Crippen LogP contribution in [0.1, 0.15) is 0 Å². The van der Waals surface area contributed by atoms with Crippen molar-refractivity contribution in [2.75, 3.05) is 0 Å². The fourth-order valence-electron chi connectivity index (χ4n) is 6.91. The molecule has 0 saturated carbocycles. The molecule has 0 fully saturated rings. The molecule has 10 aromatic rings. The van der Waals surface area contributed by atoms with Crippen molar-refractivity contribution in [2.24, 2.45) is 0 Å². The molecule has 244 valence electrons. The average molecular weight is 701 g/mol. The van der Waals surface area contributed by atoms with Gasteiger partial charge in [0.1, 0.15) is 5.01 Å². The second-order valence-electron chi connectivity index (χ2n) is 12.6. The van der Waals surface area contributed by atoms with Gasteiger partial charge < -0.3 is 0 Å². The monoisotopic (exact) mass is 700 g/mol. The van der Waals surface area contributed by atoms with Gasteiger partial charge in [0, 0.05) is 53.6 Å². The molecule has 0 spiro atoms. The van der Waals surface area contributed by atoms with Crippen LogP contribution in [0.2, 0.25) is 0 Å². The van der Waals surface area contributed by atoms with Crippen LogP contribution in [0.4, 0.5) is 0 Å². The van der Waals surface area contributed by atoms with Gasteiger partial charge in [-0.2, -0.15) is 0 Å². The SMILES string of the molecule is c1ccc(-c2nc(-c3ccccc3)nc(-c3ccccc3-c3ccc4c(c3)sc3c(-c5cccc6sc(-c7ccccc7)nc56)cccc34)n2)cc1. The third kappa shape index (κ3) is 5.37. The van der Waals surface area contributed by atoms with E-state index >= 15 is 0 Å². The second kappa shape index (κ2) is 12.8. The summed E-state index contributed by atoms with van der Waals surface area (Å²) in [5.74, 6) is 1.95. The van der Waals surface area contributed by atoms with Gasteiger partial charge in [0.05, 0.1) is 10.2 Å². The van der Waals surface area contributed by atoms with Crippen molar-refractivity contribution in [1.29, 1.82) is 0 Å². The highest BCUT2D eigenvalue weighted by molar-refractivity contribution is 7.26. The van der Waals surface area contributed by atoms with Crippen LogP contribution in [0.25, 0.3) is 97.4 Å². The Labute approximate surface area is 308 Å². The lowest BCUT2D eigenvalue weighted by Crippen LogP contribution is -2.01. The van der Waals surface area contributed by atoms with Gasteiger partial charge in [0.15, 0.2) is 17.5 Å². The van der Waals surface area contributed by atoms with Gasteiger partial charge in [0.25, 0.3) is 0 Å². The predicted molar refractivity (Wildman–Crippen MR) is 219 cm³/mol. The molecule has 6 heteroatoms. The van der Waals surface area contributed by atoms with Crippen molar-refractivity contribution in [3.8, 4) is 67.0 Å². The first kappa shape index (κ1) is 30.5. The molecular formula is C46H28N4S2. The van der Waals surface area contributed by atoms with Gasteiger partial charge in [-0.3, -0.25) is 0 Å². The first-order valence-corrected chi connectivity index (χ1v) is 18.8. The van der Waals surface area contributed by atoms with Crippen molar-refractivity contribution in [3.63, 3.8) is 0 Å². The quantitative estimate of drug-likeness (QED) is 0.173. The van der Waals surface area contributed by atoms with Crippen molar-refractivity contribution in [3.05, 3.63) is 170 Å². The van der Waals surface area contributed by atoms with Crippen LogP contribution in [-0.2, 0) is 0 Å². The number of hydrogen-bond donors (Lipinski definition) is 0. The summed E-state index contributed by atoms with van der Waals surface area (Å²) >= 11 is 3.59. The molecule has 3 heterocycles. The van der Waals surface area contributed by atoms with Crippen LogP contribution in [0.3, 0.4) is 0 Å². The second-order valence-corrected chi connectivity index (χ2v) is 14.7. The molecule has 4 nitrogen and oxygen atoms in total. The van der Waals surface area contributed by atoms with Crippen LogP contribution in [0.5, 0.6) is 0 Å². The molecule has 0 N–H and O–H groups in total. The van der Waals surface area contributed by atoms with Crippen LogP contribution >= 0.6 is 22.7 Å². The molecule has 0 aliphatic rings. The van der Waals surface area contributed by atoms with E-state index in [0.29, 0.717) is 17.5 Å². The maximum atomic E-state index is 5.17. The van der Waals surface area contributed by atoms with Crippen molar-refractivity contribution >= 4 is 53.1 Å². The standard InChI is InChI=1S/C46H28N4S2/c1-4-14-29(15-5-1)43-48-44(30-16-6-2-7-17-30)50-45(49-43)38-21-11-10-20-33(38)32-26-27-34-36-23-12-24-37(42(36)51-40(34)28-32)35-22-13-25-39-41(35)47-46(52-39)31-18-8-3-9-19-31/h1-28H. The number of para-hydroxylation sites is 1. The number of rotatable bonds is 6. The zero-order valence-corrected chi connectivity index (χ0v) is 29.4. The zero-order valence-electron chi connectivity index (χ0n) is 27.8. The number of aromatic nitrogens is 4. The van der Waals surface area contributed by atoms with E-state index in [9.17, 15) is 0 Å². The fraction of sp³-hybridized carbons (Fsp3) is 0. The number of benzene rings is 7. The van der Waals surface area contributed by atoms with E-state index in [4.69, 9.17) is 19.9 Å². The molecule has 0 saturated heterocycles. The van der Waals surface area contributed by atoms with Crippen molar-refractivity contribution in [1.82, 2.24) is 19.9 Å². The molecule has 7 aromatic carbocycles. The van der Waals surface area contributed by atoms with E-state index in [2.05, 4.69) is 103 Å². The molecule has 3 aromatic heterocycles. The van der Waals surface area contributed by atoms with Crippen molar-refractivity contribution in [2.45, 2.75) is 0 Å². The minimum Gasteiger partial charge on any atom is -0.235 e. The lowest BCUT2D eigenvalue weighted by Gasteiger charge is -2.12. The molecule has 0 aliphatic carbocycles. The topological polar surface area (TPSA) is 51.6 Å². The van der Waals surface area contributed by atoms with Crippen LogP contribution in [-0.4, -0.2) is 19.9 Å². The minimum atomic E-state index is 0.647. The average Bonchev–Trinajstić information content (AvgIpc) is 3.84. The Morgan fingerprint density at radius 3 is 1.62 bits per heavy atom. The molecule has 10 rings (SSSR count). The first-order valence-electron chi connectivity index (χ1n) is 17.1. The van der Waals surface area contributed by atoms with Gasteiger partial charge in [-0.25, -0.2) is 19.9 Å². The highest BCUT2D eigenvalue weighted by atomic mass is 32.1. The zero-order chi connectivity index (χ0) is 34.4. The Bertz CT molecular complexity index is 2840. The van der Waals surface area contributed by atoms with Crippen LogP contribution < -0.4 is 0 Å². The lowest BCUT2D eigenvalue weighted by molar-refractivity contribution is 1.07. The maximum Gasteiger partial charge on any atom is 0.164 e. The summed E-state index contributed by atoms with van der Waals surface area (Å²) in [6, 6.07) is 59.1. The molecule has 0 amide bonds. The summed E-state index contributed by atoms with van der Waals surface area (Å²) in [5.41, 5.74) is 9.63. The highest BCUT2D eigenvalue weighted by Crippen LogP contribution is 2.44. The van der Waals surface area contributed by atoms with E-state index in [1.807, 2.05) is 78.1 Å². The number of hydrogen-bond acceptors (Lipinski definition) is 6. The van der Waals surface area contributed by atoms with Gasteiger partial charge >= 0.3 is 0 Å². The normalized spacial score (nSPS) is 11.5. The minimum absolute atomic E-state index is 0.647. The van der Waals surface area contributed by atoms with E-state index in [0.717, 1.165) is 49.5 Å². The summed E-state index contributed by atoms with van der Waals surface area (Å²) in [6.45, 7) is 0. The molecule has 0 aliphatic heterocycles. The lowest BCUT2D eigenvalue weighted by atomic mass is 9.97. The molecule has 52 heavy (non-hydrogen) atoms. The number of fused-ring (bicyclic) bond motifs is 4. The maximum absolute atomic E-state index is 5.17. The molecular weight excluding hydrogens is 673 g/mol. The molecule has 0 atom stereocenters. The number of thiazole rings is 1. The van der Waals surface area contributed by atoms with Crippen LogP contribution in [0, 0.1) is 0 Å². The number of nitrogens with zero attached hydrogens (tertiary/aromatic N) is 4. The smallest absolute Gasteiger partial charge is 0.164 e. The van der Waals surface area contributed by atoms with Gasteiger partial charge in [-0.15, -0.1) is 22.7 Å². The van der Waals surface area contributed by atoms with Gasteiger partial charge in [-0.05, 0) is 23.3 Å². The predicted octanol–water partition coefficient (Wildman–Crippen LogP) is 12.9. The highest BCUT2D eigenvalue weighted by Gasteiger charge is 2.18. The largest absolute Gasteiger partial charge is 0.235 e. The van der Waals surface area contributed by atoms with Gasteiger partial charge in [-0.1, -0.05) is 158 Å². The third-order valence-corrected chi connectivity index (χ3v) is 11.7. The number of thiophene rings is 1. The Hall–Kier alpha value is -6.34. The molecule has 0 radical (unpaired) electrons. The molecule has 0 bridgehead atoms. The Balaban J connectivity index is 1.10. The summed E-state index contributed by atoms with van der Waals surface area (Å²) in [5, 5.41) is 3.54. The Kier molecular flexibility index (Phi) is 7.48. The van der Waals surface area contributed by atoms with E-state index < -0.39 is 0 Å². The Morgan fingerprint density at radius 2 is 0.904 bits per heavy atom. The van der Waals surface area contributed by atoms with Crippen LogP contribution in [0.15, 0.2) is 170 Å². The summed E-state index contributed by atoms with van der Waals surface area (Å²) in [7, 11) is 0. The fourth-order valence-corrected chi connectivity index (χ4v) is 9.17. The summed E-state index contributed by atoms with van der Waals surface area (Å²) < 4.78 is 3.69. The van der Waals surface area contributed by atoms with E-state index in [1.54, 1.807) is 11.3 Å². The first-order chi connectivity index (χ1) is 25.8. The third-order valence-electron chi connectivity index (χ3n) is 9.41. The van der Waals surface area contributed by atoms with Gasteiger partial charge in [0.2, 0.25) is 0 Å². The van der Waals surface area contributed by atoms with E-state index in [1.165, 1.54) is 30.4 Å². The summed E-state index contributed by atoms with van der Waals surface area (Å²) in [4.78, 5) is 20.2. The molecule has 0 unspecified atom stereocenters. The Morgan fingerprint density at radius 1 is 0.327 bits per heavy atom. The van der Waals surface area contributed by atoms with Crippen molar-refractivity contribution < 1.29 is 0 Å².